The molecule has 126 valence electrons. The first-order valence-corrected chi connectivity index (χ1v) is 8.05. The average Bonchev–Trinajstić information content (AvgIpc) is 2.95. The molecule has 3 N–H and O–H groups in total. The number of anilines is 1. The maximum atomic E-state index is 12.2. The quantitative estimate of drug-likeness (QED) is 0.828. The first kappa shape index (κ1) is 19.4. The van der Waals surface area contributed by atoms with Crippen LogP contribution in [0.4, 0.5) is 5.13 Å². The van der Waals surface area contributed by atoms with Crippen molar-refractivity contribution in [3.8, 4) is 17.0 Å². The molecule has 1 aromatic carbocycles. The van der Waals surface area contributed by atoms with Crippen LogP contribution in [0.5, 0.6) is 5.75 Å². The number of halogens is 1. The SMILES string of the molecule is CCCC(C)(N)C(=O)Nc1nc(-c2ccccc2OC)cs1.Cl. The predicted molar refractivity (Wildman–Crippen MR) is 97.5 cm³/mol. The zero-order chi connectivity index (χ0) is 16.2. The van der Waals surface area contributed by atoms with E-state index in [1.54, 1.807) is 14.0 Å². The Bertz CT molecular complexity index is 658. The maximum Gasteiger partial charge on any atom is 0.245 e. The number of amides is 1. The van der Waals surface area contributed by atoms with Crippen molar-refractivity contribution in [1.82, 2.24) is 4.98 Å². The van der Waals surface area contributed by atoms with Gasteiger partial charge in [-0.25, -0.2) is 4.98 Å². The third kappa shape index (κ3) is 4.67. The van der Waals surface area contributed by atoms with Crippen molar-refractivity contribution in [1.29, 1.82) is 0 Å². The van der Waals surface area contributed by atoms with Crippen LogP contribution >= 0.6 is 23.7 Å². The largest absolute Gasteiger partial charge is 0.496 e. The fraction of sp³-hybridized carbons (Fsp3) is 0.375. The van der Waals surface area contributed by atoms with E-state index in [1.807, 2.05) is 36.6 Å². The molecule has 0 aliphatic rings. The molecule has 0 aliphatic heterocycles. The molecule has 5 nitrogen and oxygen atoms in total. The number of ether oxygens (including phenoxy) is 1. The van der Waals surface area contributed by atoms with Gasteiger partial charge in [0.2, 0.25) is 5.91 Å². The summed E-state index contributed by atoms with van der Waals surface area (Å²) in [5.74, 6) is 0.538. The van der Waals surface area contributed by atoms with E-state index in [-0.39, 0.29) is 18.3 Å². The highest BCUT2D eigenvalue weighted by molar-refractivity contribution is 7.14. The van der Waals surface area contributed by atoms with E-state index in [0.29, 0.717) is 11.6 Å². The zero-order valence-corrected chi connectivity index (χ0v) is 15.1. The molecule has 2 aromatic rings. The highest BCUT2D eigenvalue weighted by Crippen LogP contribution is 2.32. The second kappa shape index (κ2) is 8.29. The highest BCUT2D eigenvalue weighted by atomic mass is 35.5. The lowest BCUT2D eigenvalue weighted by Crippen LogP contribution is -2.48. The second-order valence-corrected chi connectivity index (χ2v) is 6.22. The van der Waals surface area contributed by atoms with Gasteiger partial charge < -0.3 is 15.8 Å². The first-order valence-electron chi connectivity index (χ1n) is 7.17. The van der Waals surface area contributed by atoms with Crippen LogP contribution in [0.25, 0.3) is 11.3 Å². The monoisotopic (exact) mass is 355 g/mol. The summed E-state index contributed by atoms with van der Waals surface area (Å²) in [5.41, 5.74) is 6.81. The van der Waals surface area contributed by atoms with Gasteiger partial charge >= 0.3 is 0 Å². The third-order valence-electron chi connectivity index (χ3n) is 3.40. The molecule has 1 heterocycles. The number of carbonyl (C=O) groups excluding carboxylic acids is 1. The van der Waals surface area contributed by atoms with E-state index >= 15 is 0 Å². The summed E-state index contributed by atoms with van der Waals surface area (Å²) in [5, 5.41) is 5.23. The van der Waals surface area contributed by atoms with Gasteiger partial charge in [-0.1, -0.05) is 25.5 Å². The van der Waals surface area contributed by atoms with Crippen LogP contribution in [0.1, 0.15) is 26.7 Å². The molecule has 0 bridgehead atoms. The number of rotatable bonds is 6. The van der Waals surface area contributed by atoms with Crippen molar-refractivity contribution in [3.05, 3.63) is 29.6 Å². The Kier molecular flexibility index (Phi) is 7.00. The lowest BCUT2D eigenvalue weighted by atomic mass is 9.97. The lowest BCUT2D eigenvalue weighted by Gasteiger charge is -2.21. The molecule has 0 aliphatic carbocycles. The van der Waals surface area contributed by atoms with Crippen molar-refractivity contribution in [3.63, 3.8) is 0 Å². The van der Waals surface area contributed by atoms with Crippen LogP contribution in [-0.2, 0) is 4.79 Å². The van der Waals surface area contributed by atoms with Gasteiger partial charge in [-0.3, -0.25) is 4.79 Å². The normalized spacial score (nSPS) is 12.9. The highest BCUT2D eigenvalue weighted by Gasteiger charge is 2.27. The van der Waals surface area contributed by atoms with Crippen LogP contribution in [0, 0.1) is 0 Å². The predicted octanol–water partition coefficient (Wildman–Crippen LogP) is 3.70. The number of hydrogen-bond donors (Lipinski definition) is 2. The van der Waals surface area contributed by atoms with E-state index < -0.39 is 5.54 Å². The van der Waals surface area contributed by atoms with Gasteiger partial charge in [-0.2, -0.15) is 0 Å². The van der Waals surface area contributed by atoms with E-state index in [1.165, 1.54) is 11.3 Å². The van der Waals surface area contributed by atoms with Gasteiger partial charge in [0.1, 0.15) is 5.75 Å². The minimum atomic E-state index is -0.884. The van der Waals surface area contributed by atoms with Crippen LogP contribution < -0.4 is 15.8 Å². The Labute approximate surface area is 146 Å². The van der Waals surface area contributed by atoms with Crippen molar-refractivity contribution in [2.24, 2.45) is 5.73 Å². The molecule has 1 amide bonds. The van der Waals surface area contributed by atoms with Gasteiger partial charge in [0.05, 0.1) is 18.3 Å². The minimum absolute atomic E-state index is 0. The number of hydrogen-bond acceptors (Lipinski definition) is 5. The van der Waals surface area contributed by atoms with Crippen LogP contribution in [0.15, 0.2) is 29.6 Å². The van der Waals surface area contributed by atoms with Crippen molar-refractivity contribution in [2.45, 2.75) is 32.2 Å². The second-order valence-electron chi connectivity index (χ2n) is 5.36. The Morgan fingerprint density at radius 1 is 1.43 bits per heavy atom. The van der Waals surface area contributed by atoms with Crippen LogP contribution in [0.3, 0.4) is 0 Å². The molecule has 0 spiro atoms. The van der Waals surface area contributed by atoms with Gasteiger partial charge in [-0.15, -0.1) is 23.7 Å². The molecule has 0 fully saturated rings. The van der Waals surface area contributed by atoms with Gasteiger partial charge in [0.25, 0.3) is 0 Å². The number of para-hydroxylation sites is 1. The van der Waals surface area contributed by atoms with E-state index in [9.17, 15) is 4.79 Å². The molecule has 1 atom stereocenters. The number of benzene rings is 1. The van der Waals surface area contributed by atoms with E-state index in [0.717, 1.165) is 23.4 Å². The topological polar surface area (TPSA) is 77.2 Å². The van der Waals surface area contributed by atoms with Crippen molar-refractivity contribution < 1.29 is 9.53 Å². The number of thiazole rings is 1. The maximum absolute atomic E-state index is 12.2. The molecule has 7 heteroatoms. The Morgan fingerprint density at radius 2 is 2.13 bits per heavy atom. The smallest absolute Gasteiger partial charge is 0.245 e. The summed E-state index contributed by atoms with van der Waals surface area (Å²) in [6.07, 6.45) is 1.48. The molecule has 23 heavy (non-hydrogen) atoms. The van der Waals surface area contributed by atoms with Crippen molar-refractivity contribution >= 4 is 34.8 Å². The number of methoxy groups -OCH3 is 1. The molecule has 1 unspecified atom stereocenters. The standard InChI is InChI=1S/C16H21N3O2S.ClH/c1-4-9-16(2,17)14(20)19-15-18-12(10-22-15)11-7-5-6-8-13(11)21-3;/h5-8,10H,4,9,17H2,1-3H3,(H,18,19,20);1H. The van der Waals surface area contributed by atoms with E-state index in [4.69, 9.17) is 10.5 Å². The fourth-order valence-corrected chi connectivity index (χ4v) is 2.89. The average molecular weight is 356 g/mol. The first-order chi connectivity index (χ1) is 10.5. The molecule has 0 saturated carbocycles. The Morgan fingerprint density at radius 3 is 2.78 bits per heavy atom. The summed E-state index contributed by atoms with van der Waals surface area (Å²) in [4.78, 5) is 16.7. The summed E-state index contributed by atoms with van der Waals surface area (Å²) in [7, 11) is 1.62. The summed E-state index contributed by atoms with van der Waals surface area (Å²) >= 11 is 1.37. The summed E-state index contributed by atoms with van der Waals surface area (Å²) < 4.78 is 5.33. The number of nitrogens with zero attached hydrogens (tertiary/aromatic N) is 1. The van der Waals surface area contributed by atoms with Crippen molar-refractivity contribution in [2.75, 3.05) is 12.4 Å². The minimum Gasteiger partial charge on any atom is -0.496 e. The van der Waals surface area contributed by atoms with Gasteiger partial charge in [0, 0.05) is 10.9 Å². The molecular weight excluding hydrogens is 334 g/mol. The third-order valence-corrected chi connectivity index (χ3v) is 4.15. The Hall–Kier alpha value is -1.63. The fourth-order valence-electron chi connectivity index (χ4n) is 2.18. The zero-order valence-electron chi connectivity index (χ0n) is 13.5. The molecule has 0 saturated heterocycles. The number of nitrogens with two attached hydrogens (primary N) is 1. The van der Waals surface area contributed by atoms with Crippen LogP contribution in [0.2, 0.25) is 0 Å². The lowest BCUT2D eigenvalue weighted by molar-refractivity contribution is -0.120. The summed E-state index contributed by atoms with van der Waals surface area (Å²) in [6, 6.07) is 7.64. The van der Waals surface area contributed by atoms with Gasteiger partial charge in [0.15, 0.2) is 5.13 Å². The molecule has 2 rings (SSSR count). The molecule has 0 radical (unpaired) electrons. The molecular formula is C16H22ClN3O2S. The number of aromatic nitrogens is 1. The molecule has 1 aromatic heterocycles. The van der Waals surface area contributed by atoms with Gasteiger partial charge in [-0.05, 0) is 25.5 Å². The summed E-state index contributed by atoms with van der Waals surface area (Å²) in [6.45, 7) is 3.74. The number of carbonyl (C=O) groups is 1. The van der Waals surface area contributed by atoms with Crippen LogP contribution in [-0.4, -0.2) is 23.5 Å². The van der Waals surface area contributed by atoms with E-state index in [2.05, 4.69) is 10.3 Å². The number of nitrogens with one attached hydrogen (secondary N) is 1. The Balaban J connectivity index is 0.00000264.